The molecule has 4 aromatic rings. The first-order valence-corrected chi connectivity index (χ1v) is 9.32. The van der Waals surface area contributed by atoms with Crippen LogP contribution in [0.5, 0.6) is 0 Å². The molecule has 1 aliphatic carbocycles. The number of hydrogen-bond acceptors (Lipinski definition) is 1. The lowest BCUT2D eigenvalue weighted by molar-refractivity contribution is 0.948. The van der Waals surface area contributed by atoms with Gasteiger partial charge >= 0.3 is 0 Å². The first kappa shape index (κ1) is 15.8. The Morgan fingerprint density at radius 1 is 0.741 bits per heavy atom. The van der Waals surface area contributed by atoms with E-state index in [1.54, 1.807) is 0 Å². The molecule has 1 heterocycles. The highest BCUT2D eigenvalue weighted by atomic mass is 16.1. The number of fused-ring (bicyclic) bond motifs is 3. The molecular weight excluding hydrogens is 330 g/mol. The molecule has 0 spiro atoms. The van der Waals surface area contributed by atoms with Crippen molar-refractivity contribution in [3.05, 3.63) is 118 Å². The Hall–Kier alpha value is -3.39. The van der Waals surface area contributed by atoms with Gasteiger partial charge in [-0.1, -0.05) is 72.8 Å². The number of hydrogen-bond donors (Lipinski definition) is 0. The third kappa shape index (κ3) is 2.53. The van der Waals surface area contributed by atoms with Crippen LogP contribution in [0.25, 0.3) is 22.2 Å². The van der Waals surface area contributed by atoms with E-state index < -0.39 is 0 Å². The van der Waals surface area contributed by atoms with Crippen molar-refractivity contribution in [1.29, 1.82) is 0 Å². The standard InChI is InChI=1S/C25H19NO/c27-25-24-20(18-10-3-1-4-11-18)15-9-16-22(24)21-14-7-8-17-23(21)26(25)19-12-5-2-6-13-19/h1-8,10-15,17H,9,16H2. The van der Waals surface area contributed by atoms with E-state index in [1.165, 1.54) is 5.56 Å². The molecule has 5 rings (SSSR count). The first-order valence-electron chi connectivity index (χ1n) is 9.32. The van der Waals surface area contributed by atoms with Crippen LogP contribution in [0, 0.1) is 0 Å². The number of aromatic nitrogens is 1. The molecule has 0 aliphatic heterocycles. The van der Waals surface area contributed by atoms with Gasteiger partial charge in [0.25, 0.3) is 5.56 Å². The summed E-state index contributed by atoms with van der Waals surface area (Å²) in [6.07, 6.45) is 4.07. The van der Waals surface area contributed by atoms with Gasteiger partial charge in [-0.05, 0) is 47.7 Å². The number of benzene rings is 3. The van der Waals surface area contributed by atoms with Gasteiger partial charge in [-0.2, -0.15) is 0 Å². The fourth-order valence-corrected chi connectivity index (χ4v) is 4.12. The van der Waals surface area contributed by atoms with Crippen molar-refractivity contribution in [2.24, 2.45) is 0 Å². The third-order valence-corrected chi connectivity index (χ3v) is 5.30. The number of rotatable bonds is 2. The molecule has 2 heteroatoms. The Bertz CT molecular complexity index is 1220. The molecule has 0 bridgehead atoms. The van der Waals surface area contributed by atoms with Gasteiger partial charge in [0, 0.05) is 11.1 Å². The summed E-state index contributed by atoms with van der Waals surface area (Å²) in [7, 11) is 0. The summed E-state index contributed by atoms with van der Waals surface area (Å²) in [6.45, 7) is 0. The van der Waals surface area contributed by atoms with Crippen LogP contribution in [0.15, 0.2) is 95.8 Å². The van der Waals surface area contributed by atoms with Crippen LogP contribution in [0.1, 0.15) is 23.1 Å². The van der Waals surface area contributed by atoms with Gasteiger partial charge in [0.05, 0.1) is 11.1 Å². The number of para-hydroxylation sites is 2. The lowest BCUT2D eigenvalue weighted by Gasteiger charge is -2.22. The Morgan fingerprint density at radius 2 is 1.41 bits per heavy atom. The average molecular weight is 349 g/mol. The maximum atomic E-state index is 13.7. The summed E-state index contributed by atoms with van der Waals surface area (Å²) in [4.78, 5) is 13.7. The minimum Gasteiger partial charge on any atom is -0.276 e. The minimum atomic E-state index is 0.0599. The van der Waals surface area contributed by atoms with Crippen LogP contribution in [0.4, 0.5) is 0 Å². The highest BCUT2D eigenvalue weighted by molar-refractivity contribution is 5.93. The SMILES string of the molecule is O=c1c2c(c3ccccc3n1-c1ccccc1)CCC=C2c1ccccc1. The van der Waals surface area contributed by atoms with Gasteiger partial charge in [-0.15, -0.1) is 0 Å². The highest BCUT2D eigenvalue weighted by Crippen LogP contribution is 2.34. The van der Waals surface area contributed by atoms with Crippen LogP contribution in [0.2, 0.25) is 0 Å². The lowest BCUT2D eigenvalue weighted by Crippen LogP contribution is -2.26. The van der Waals surface area contributed by atoms with Gasteiger partial charge in [0.1, 0.15) is 0 Å². The number of nitrogens with zero attached hydrogens (tertiary/aromatic N) is 1. The highest BCUT2D eigenvalue weighted by Gasteiger charge is 2.23. The molecule has 27 heavy (non-hydrogen) atoms. The van der Waals surface area contributed by atoms with Crippen LogP contribution in [0.3, 0.4) is 0 Å². The van der Waals surface area contributed by atoms with E-state index in [2.05, 4.69) is 30.3 Å². The summed E-state index contributed by atoms with van der Waals surface area (Å²) >= 11 is 0. The summed E-state index contributed by atoms with van der Waals surface area (Å²) in [6, 6.07) is 28.4. The zero-order valence-electron chi connectivity index (χ0n) is 14.9. The minimum absolute atomic E-state index is 0.0599. The first-order chi connectivity index (χ1) is 13.3. The van der Waals surface area contributed by atoms with Crippen molar-refractivity contribution >= 4 is 16.5 Å². The van der Waals surface area contributed by atoms with Gasteiger partial charge < -0.3 is 0 Å². The Morgan fingerprint density at radius 3 is 2.19 bits per heavy atom. The van der Waals surface area contributed by atoms with E-state index in [1.807, 2.05) is 65.2 Å². The fourth-order valence-electron chi connectivity index (χ4n) is 4.12. The fraction of sp³-hybridized carbons (Fsp3) is 0.0800. The van der Waals surface area contributed by atoms with Crippen molar-refractivity contribution in [1.82, 2.24) is 4.57 Å². The molecule has 0 atom stereocenters. The van der Waals surface area contributed by atoms with Crippen LogP contribution in [-0.4, -0.2) is 4.57 Å². The molecule has 3 aromatic carbocycles. The van der Waals surface area contributed by atoms with Crippen LogP contribution < -0.4 is 5.56 Å². The van der Waals surface area contributed by atoms with Gasteiger partial charge in [0.2, 0.25) is 0 Å². The average Bonchev–Trinajstić information content (AvgIpc) is 2.75. The van der Waals surface area contributed by atoms with Crippen molar-refractivity contribution in [3.63, 3.8) is 0 Å². The smallest absolute Gasteiger partial charge is 0.263 e. The zero-order chi connectivity index (χ0) is 18.2. The molecule has 0 N–H and O–H groups in total. The van der Waals surface area contributed by atoms with Gasteiger partial charge in [-0.3, -0.25) is 9.36 Å². The normalized spacial score (nSPS) is 13.3. The molecule has 130 valence electrons. The maximum absolute atomic E-state index is 13.7. The second kappa shape index (κ2) is 6.40. The lowest BCUT2D eigenvalue weighted by atomic mass is 9.85. The van der Waals surface area contributed by atoms with E-state index in [4.69, 9.17) is 0 Å². The molecule has 0 saturated heterocycles. The van der Waals surface area contributed by atoms with Crippen molar-refractivity contribution in [3.8, 4) is 5.69 Å². The zero-order valence-corrected chi connectivity index (χ0v) is 14.9. The summed E-state index contributed by atoms with van der Waals surface area (Å²) in [5.41, 5.74) is 6.10. The van der Waals surface area contributed by atoms with E-state index in [-0.39, 0.29) is 5.56 Å². The summed E-state index contributed by atoms with van der Waals surface area (Å²) in [5.74, 6) is 0. The molecule has 0 radical (unpaired) electrons. The van der Waals surface area contributed by atoms with Gasteiger partial charge in [-0.25, -0.2) is 0 Å². The number of allylic oxidation sites excluding steroid dienone is 1. The van der Waals surface area contributed by atoms with Crippen LogP contribution >= 0.6 is 0 Å². The third-order valence-electron chi connectivity index (χ3n) is 5.30. The second-order valence-corrected chi connectivity index (χ2v) is 6.87. The summed E-state index contributed by atoms with van der Waals surface area (Å²) < 4.78 is 1.86. The molecule has 0 saturated carbocycles. The number of aryl methyl sites for hydroxylation is 1. The summed E-state index contributed by atoms with van der Waals surface area (Å²) in [5, 5.41) is 1.16. The molecule has 0 unspecified atom stereocenters. The molecule has 1 aromatic heterocycles. The van der Waals surface area contributed by atoms with Gasteiger partial charge in [0.15, 0.2) is 0 Å². The van der Waals surface area contributed by atoms with E-state index in [9.17, 15) is 4.79 Å². The predicted octanol–water partition coefficient (Wildman–Crippen LogP) is 5.37. The van der Waals surface area contributed by atoms with E-state index in [0.717, 1.165) is 46.1 Å². The number of pyridine rings is 1. The quantitative estimate of drug-likeness (QED) is 0.477. The maximum Gasteiger partial charge on any atom is 0.263 e. The Kier molecular flexibility index (Phi) is 3.75. The Labute approximate surface area is 158 Å². The largest absolute Gasteiger partial charge is 0.276 e. The van der Waals surface area contributed by atoms with E-state index >= 15 is 0 Å². The van der Waals surface area contributed by atoms with Crippen molar-refractivity contribution < 1.29 is 0 Å². The second-order valence-electron chi connectivity index (χ2n) is 6.87. The van der Waals surface area contributed by atoms with Crippen molar-refractivity contribution in [2.75, 3.05) is 0 Å². The van der Waals surface area contributed by atoms with Crippen LogP contribution in [-0.2, 0) is 6.42 Å². The predicted molar refractivity (Wildman–Crippen MR) is 111 cm³/mol. The molecule has 0 fully saturated rings. The molecule has 2 nitrogen and oxygen atoms in total. The molecule has 1 aliphatic rings. The van der Waals surface area contributed by atoms with Crippen molar-refractivity contribution in [2.45, 2.75) is 12.8 Å². The molecule has 0 amide bonds. The Balaban J connectivity index is 1.90. The monoisotopic (exact) mass is 349 g/mol. The van der Waals surface area contributed by atoms with E-state index in [0.29, 0.717) is 0 Å². The topological polar surface area (TPSA) is 22.0 Å². The molecular formula is C25H19NO.